The third-order valence-electron chi connectivity index (χ3n) is 6.43. The molecule has 0 aliphatic rings. The number of hydrogen-bond donors (Lipinski definition) is 2. The van der Waals surface area contributed by atoms with Gasteiger partial charge in [-0.1, -0.05) is 49.7 Å². The molecule has 7 nitrogen and oxygen atoms in total. The van der Waals surface area contributed by atoms with Crippen LogP contribution >= 0.6 is 34.3 Å². The molecule has 3 aromatic heterocycles. The second-order valence-corrected chi connectivity index (χ2v) is 11.7. The van der Waals surface area contributed by atoms with Crippen LogP contribution in [-0.2, 0) is 4.74 Å². The first kappa shape index (κ1) is 27.8. The van der Waals surface area contributed by atoms with E-state index in [1.54, 1.807) is 38.1 Å². The summed E-state index contributed by atoms with van der Waals surface area (Å²) in [4.78, 5) is 36.5. The number of carbonyl (C=O) groups excluding carboxylic acids is 2. The van der Waals surface area contributed by atoms with Crippen LogP contribution in [0.5, 0.6) is 0 Å². The van der Waals surface area contributed by atoms with Crippen molar-refractivity contribution in [2.45, 2.75) is 33.6 Å². The molecule has 5 aromatic rings. The molecular weight excluding hydrogens is 564 g/mol. The number of benzene rings is 2. The molecule has 0 bridgehead atoms. The van der Waals surface area contributed by atoms with Crippen molar-refractivity contribution < 1.29 is 14.3 Å². The highest BCUT2D eigenvalue weighted by molar-refractivity contribution is 7.19. The highest BCUT2D eigenvalue weighted by Crippen LogP contribution is 2.41. The minimum Gasteiger partial charge on any atom is -0.462 e. The van der Waals surface area contributed by atoms with Gasteiger partial charge in [-0.15, -0.1) is 22.7 Å². The molecule has 0 saturated carbocycles. The van der Waals surface area contributed by atoms with Crippen molar-refractivity contribution in [3.05, 3.63) is 86.8 Å². The Balaban J connectivity index is 1.55. The molecule has 1 amide bonds. The Morgan fingerprint density at radius 3 is 2.45 bits per heavy atom. The lowest BCUT2D eigenvalue weighted by molar-refractivity contribution is 0.0527. The number of nitrogens with one attached hydrogen (secondary N) is 2. The van der Waals surface area contributed by atoms with Crippen LogP contribution in [0.3, 0.4) is 0 Å². The number of fused-ring (bicyclic) bond motifs is 1. The fraction of sp³-hybridized carbons (Fsp3) is 0.200. The third kappa shape index (κ3) is 5.58. The highest BCUT2D eigenvalue weighted by atomic mass is 35.5. The van der Waals surface area contributed by atoms with E-state index in [-0.39, 0.29) is 12.5 Å². The van der Waals surface area contributed by atoms with E-state index in [0.717, 1.165) is 21.3 Å². The van der Waals surface area contributed by atoms with E-state index in [1.165, 1.54) is 34.6 Å². The van der Waals surface area contributed by atoms with Gasteiger partial charge < -0.3 is 15.4 Å². The molecule has 0 fully saturated rings. The van der Waals surface area contributed by atoms with Gasteiger partial charge in [0.2, 0.25) is 0 Å². The number of esters is 1. The van der Waals surface area contributed by atoms with Gasteiger partial charge in [0.1, 0.15) is 22.0 Å². The van der Waals surface area contributed by atoms with Crippen LogP contribution in [-0.4, -0.2) is 28.5 Å². The third-order valence-corrected chi connectivity index (χ3v) is 8.77. The maximum Gasteiger partial charge on any atom is 0.341 e. The van der Waals surface area contributed by atoms with E-state index in [0.29, 0.717) is 43.5 Å². The lowest BCUT2D eigenvalue weighted by atomic mass is 9.99. The monoisotopic (exact) mass is 590 g/mol. The molecule has 0 spiro atoms. The largest absolute Gasteiger partial charge is 0.462 e. The Morgan fingerprint density at radius 2 is 1.77 bits per heavy atom. The summed E-state index contributed by atoms with van der Waals surface area (Å²) in [5, 5.41) is 10.2. The standard InChI is InChI=1S/C30H27ClN4O3S2/c1-5-38-30(37)23-17(4)25(27(36)34-21-12-10-20(31)11-13-21)40-29(23)35-26-24-22(14-39-28(24)33-15-32-26)19-8-6-18(7-9-19)16(2)3/h6-16H,5H2,1-4H3,(H,34,36)(H,32,33,35). The number of ether oxygens (including phenoxy) is 1. The number of hydrogen-bond acceptors (Lipinski definition) is 8. The first-order valence-corrected chi connectivity index (χ1v) is 14.8. The first-order valence-electron chi connectivity index (χ1n) is 12.7. The summed E-state index contributed by atoms with van der Waals surface area (Å²) in [6.45, 7) is 8.03. The lowest BCUT2D eigenvalue weighted by Gasteiger charge is -2.10. The average molecular weight is 591 g/mol. The molecule has 5 rings (SSSR count). The zero-order valence-corrected chi connectivity index (χ0v) is 24.8. The van der Waals surface area contributed by atoms with E-state index in [2.05, 4.69) is 64.1 Å². The van der Waals surface area contributed by atoms with E-state index in [4.69, 9.17) is 16.3 Å². The van der Waals surface area contributed by atoms with Crippen molar-refractivity contribution in [2.24, 2.45) is 0 Å². The minimum atomic E-state index is -0.510. The molecule has 2 N–H and O–H groups in total. The number of halogens is 1. The second kappa shape index (κ2) is 11.8. The number of thiophene rings is 2. The maximum absolute atomic E-state index is 13.3. The van der Waals surface area contributed by atoms with E-state index >= 15 is 0 Å². The number of anilines is 3. The number of nitrogens with zero attached hydrogens (tertiary/aromatic N) is 2. The molecule has 0 saturated heterocycles. The van der Waals surface area contributed by atoms with Crippen molar-refractivity contribution >= 4 is 72.9 Å². The lowest BCUT2D eigenvalue weighted by Crippen LogP contribution is -2.13. The van der Waals surface area contributed by atoms with Crippen molar-refractivity contribution in [2.75, 3.05) is 17.2 Å². The SMILES string of the molecule is CCOC(=O)c1c(Nc2ncnc3scc(-c4ccc(C(C)C)cc4)c23)sc(C(=O)Nc2ccc(Cl)cc2)c1C. The van der Waals surface area contributed by atoms with Gasteiger partial charge in [0.05, 0.1) is 22.4 Å². The molecule has 0 radical (unpaired) electrons. The Labute approximate surface area is 245 Å². The van der Waals surface area contributed by atoms with Gasteiger partial charge in [-0.2, -0.15) is 0 Å². The molecule has 3 heterocycles. The van der Waals surface area contributed by atoms with Crippen molar-refractivity contribution in [1.29, 1.82) is 0 Å². The van der Waals surface area contributed by atoms with Crippen LogP contribution in [0.4, 0.5) is 16.5 Å². The zero-order valence-electron chi connectivity index (χ0n) is 22.4. The van der Waals surface area contributed by atoms with Crippen LogP contribution < -0.4 is 10.6 Å². The molecule has 0 aliphatic carbocycles. The molecule has 204 valence electrons. The molecular formula is C30H27ClN4O3S2. The second-order valence-electron chi connectivity index (χ2n) is 9.40. The molecule has 0 aliphatic heterocycles. The van der Waals surface area contributed by atoms with Crippen molar-refractivity contribution in [3.63, 3.8) is 0 Å². The molecule has 2 aromatic carbocycles. The van der Waals surface area contributed by atoms with Crippen LogP contribution in [0.1, 0.15) is 57.8 Å². The van der Waals surface area contributed by atoms with Gasteiger partial charge >= 0.3 is 5.97 Å². The first-order chi connectivity index (χ1) is 19.3. The summed E-state index contributed by atoms with van der Waals surface area (Å²) >= 11 is 8.68. The zero-order chi connectivity index (χ0) is 28.4. The number of rotatable bonds is 8. The Hall–Kier alpha value is -3.79. The predicted molar refractivity (Wildman–Crippen MR) is 165 cm³/mol. The summed E-state index contributed by atoms with van der Waals surface area (Å²) in [5.74, 6) is 0.135. The fourth-order valence-electron chi connectivity index (χ4n) is 4.33. The quantitative estimate of drug-likeness (QED) is 0.176. The summed E-state index contributed by atoms with van der Waals surface area (Å²) in [7, 11) is 0. The van der Waals surface area contributed by atoms with Crippen molar-refractivity contribution in [3.8, 4) is 11.1 Å². The van der Waals surface area contributed by atoms with Crippen LogP contribution in [0.2, 0.25) is 5.02 Å². The van der Waals surface area contributed by atoms with Gasteiger partial charge in [-0.05, 0) is 60.7 Å². The summed E-state index contributed by atoms with van der Waals surface area (Å²) in [6.07, 6.45) is 1.49. The molecule has 0 atom stereocenters. The maximum atomic E-state index is 13.3. The van der Waals surface area contributed by atoms with Gasteiger partial charge in [-0.25, -0.2) is 14.8 Å². The Bertz CT molecular complexity index is 1690. The highest BCUT2D eigenvalue weighted by Gasteiger charge is 2.27. The summed E-state index contributed by atoms with van der Waals surface area (Å²) in [6, 6.07) is 15.3. The van der Waals surface area contributed by atoms with E-state index in [9.17, 15) is 9.59 Å². The Kier molecular flexibility index (Phi) is 8.16. The van der Waals surface area contributed by atoms with Crippen LogP contribution in [0.15, 0.2) is 60.2 Å². The van der Waals surface area contributed by atoms with Crippen molar-refractivity contribution in [1.82, 2.24) is 9.97 Å². The van der Waals surface area contributed by atoms with Gasteiger partial charge in [0, 0.05) is 21.7 Å². The molecule has 40 heavy (non-hydrogen) atoms. The smallest absolute Gasteiger partial charge is 0.341 e. The van der Waals surface area contributed by atoms with E-state index < -0.39 is 5.97 Å². The normalized spacial score (nSPS) is 11.2. The van der Waals surface area contributed by atoms with Gasteiger partial charge in [-0.3, -0.25) is 4.79 Å². The average Bonchev–Trinajstić information content (AvgIpc) is 3.52. The summed E-state index contributed by atoms with van der Waals surface area (Å²) < 4.78 is 5.36. The predicted octanol–water partition coefficient (Wildman–Crippen LogP) is 8.68. The van der Waals surface area contributed by atoms with Crippen LogP contribution in [0.25, 0.3) is 21.3 Å². The number of carbonyl (C=O) groups is 2. The summed E-state index contributed by atoms with van der Waals surface area (Å²) in [5.41, 5.74) is 4.72. The number of aromatic nitrogens is 2. The fourth-order valence-corrected chi connectivity index (χ4v) is 6.46. The Morgan fingerprint density at radius 1 is 1.05 bits per heavy atom. The van der Waals surface area contributed by atoms with Crippen LogP contribution in [0, 0.1) is 6.92 Å². The molecule has 0 unspecified atom stereocenters. The minimum absolute atomic E-state index is 0.207. The topological polar surface area (TPSA) is 93.2 Å². The van der Waals surface area contributed by atoms with Gasteiger partial charge in [0.15, 0.2) is 0 Å². The van der Waals surface area contributed by atoms with Gasteiger partial charge in [0.25, 0.3) is 5.91 Å². The molecule has 10 heteroatoms. The van der Waals surface area contributed by atoms with E-state index in [1.807, 2.05) is 0 Å². The number of amides is 1.